The minimum absolute atomic E-state index is 0. The fourth-order valence-corrected chi connectivity index (χ4v) is 4.28. The molecule has 37 heavy (non-hydrogen) atoms. The van der Waals surface area contributed by atoms with Gasteiger partial charge in [-0.2, -0.15) is 0 Å². The third-order valence-corrected chi connectivity index (χ3v) is 6.26. The van der Waals surface area contributed by atoms with E-state index in [0.717, 1.165) is 24.3 Å². The van der Waals surface area contributed by atoms with Crippen molar-refractivity contribution in [2.45, 2.75) is 117 Å². The quantitative estimate of drug-likeness (QED) is 0.0967. The number of hydrogen-bond acceptors (Lipinski definition) is 2. The van der Waals surface area contributed by atoms with Crippen LogP contribution in [0.4, 0.5) is 0 Å². The molecule has 0 aliphatic rings. The normalized spacial score (nSPS) is 10.8. The van der Waals surface area contributed by atoms with Crippen LogP contribution in [-0.2, 0) is 17.4 Å². The number of unbranched alkanes of at least 4 members (excludes halogenated alkanes) is 12. The van der Waals surface area contributed by atoms with E-state index in [2.05, 4.69) is 62.4 Å². The van der Waals surface area contributed by atoms with Crippen molar-refractivity contribution in [3.8, 4) is 11.5 Å². The molecule has 0 radical (unpaired) electrons. The van der Waals surface area contributed by atoms with Crippen LogP contribution in [0.25, 0.3) is 0 Å². The van der Waals surface area contributed by atoms with E-state index in [4.69, 9.17) is 24.0 Å². The molecule has 0 bridgehead atoms. The number of hydrogen-bond donors (Lipinski definition) is 3. The molecule has 0 amide bonds. The number of aryl methyl sites for hydroxylation is 2. The maximum atomic E-state index is 8.88. The number of para-hydroxylation sites is 2. The van der Waals surface area contributed by atoms with Crippen molar-refractivity contribution in [3.63, 3.8) is 0 Å². The van der Waals surface area contributed by atoms with Crippen molar-refractivity contribution in [2.24, 2.45) is 0 Å². The van der Waals surface area contributed by atoms with E-state index in [1.165, 1.54) is 101 Å². The van der Waals surface area contributed by atoms with Crippen LogP contribution < -0.4 is 4.74 Å². The molecule has 2 aromatic carbocycles. The average Bonchev–Trinajstić information content (AvgIpc) is 2.84. The van der Waals surface area contributed by atoms with Crippen molar-refractivity contribution in [1.29, 1.82) is 0 Å². The Morgan fingerprint density at radius 2 is 0.865 bits per heavy atom. The Hall–Kier alpha value is -0.0136. The summed E-state index contributed by atoms with van der Waals surface area (Å²) in [4.78, 5) is 21.6. The van der Waals surface area contributed by atoms with Crippen molar-refractivity contribution >= 4 is 59.2 Å². The van der Waals surface area contributed by atoms with Crippen LogP contribution in [0.3, 0.4) is 0 Å². The van der Waals surface area contributed by atoms with Gasteiger partial charge in [-0.15, -0.1) is 0 Å². The molecule has 5 nitrogen and oxygen atoms in total. The molecule has 2 aromatic rings. The maximum absolute atomic E-state index is 8.88. The van der Waals surface area contributed by atoms with Crippen molar-refractivity contribution in [1.82, 2.24) is 0 Å². The van der Waals surface area contributed by atoms with Crippen LogP contribution in [0.5, 0.6) is 11.5 Å². The van der Waals surface area contributed by atoms with Crippen molar-refractivity contribution in [2.75, 3.05) is 0 Å². The third-order valence-electron chi connectivity index (χ3n) is 6.26. The van der Waals surface area contributed by atoms with Gasteiger partial charge in [0.15, 0.2) is 0 Å². The number of ether oxygens (including phenoxy) is 1. The van der Waals surface area contributed by atoms with Gasteiger partial charge in [0.1, 0.15) is 11.5 Å². The molecule has 0 aromatic heterocycles. The van der Waals surface area contributed by atoms with Gasteiger partial charge in [0.05, 0.1) is 0 Å². The molecule has 0 spiro atoms. The molecule has 0 unspecified atom stereocenters. The second-order valence-corrected chi connectivity index (χ2v) is 10.6. The third kappa shape index (κ3) is 21.5. The summed E-state index contributed by atoms with van der Waals surface area (Å²) in [5.41, 5.74) is 2.70. The van der Waals surface area contributed by atoms with Gasteiger partial charge < -0.3 is 19.4 Å². The van der Waals surface area contributed by atoms with Crippen LogP contribution >= 0.6 is 7.82 Å². The second kappa shape index (κ2) is 23.8. The van der Waals surface area contributed by atoms with E-state index in [0.29, 0.717) is 0 Å². The average molecular weight is 561 g/mol. The second-order valence-electron chi connectivity index (χ2n) is 9.57. The zero-order valence-electron chi connectivity index (χ0n) is 22.5. The SMILES string of the molecule is CCCCCCCCCc1ccccc1Oc1ccccc1CCCCCCCCC.O=P(O)(O)O.[KH]. The van der Waals surface area contributed by atoms with Crippen LogP contribution in [0, 0.1) is 0 Å². The van der Waals surface area contributed by atoms with E-state index >= 15 is 0 Å². The molecule has 0 atom stereocenters. The number of benzene rings is 2. The summed E-state index contributed by atoms with van der Waals surface area (Å²) in [6.45, 7) is 4.56. The summed E-state index contributed by atoms with van der Waals surface area (Å²) in [6, 6.07) is 17.3. The minimum atomic E-state index is -4.64. The molecular formula is C30H50KO5P. The van der Waals surface area contributed by atoms with Crippen LogP contribution in [0.1, 0.15) is 115 Å². The van der Waals surface area contributed by atoms with E-state index in [9.17, 15) is 0 Å². The van der Waals surface area contributed by atoms with E-state index < -0.39 is 7.82 Å². The summed E-state index contributed by atoms with van der Waals surface area (Å²) in [6.07, 6.45) is 21.1. The molecule has 7 heteroatoms. The summed E-state index contributed by atoms with van der Waals surface area (Å²) in [7, 11) is -4.64. The molecule has 0 heterocycles. The molecule has 0 saturated carbocycles. The van der Waals surface area contributed by atoms with Crippen LogP contribution in [0.2, 0.25) is 0 Å². The predicted molar refractivity (Wildman–Crippen MR) is 158 cm³/mol. The zero-order chi connectivity index (χ0) is 26.5. The Morgan fingerprint density at radius 1 is 0.568 bits per heavy atom. The van der Waals surface area contributed by atoms with Crippen LogP contribution in [-0.4, -0.2) is 66.1 Å². The number of phosphoric acid groups is 1. The predicted octanol–water partition coefficient (Wildman–Crippen LogP) is 8.49. The fraction of sp³-hybridized carbons (Fsp3) is 0.600. The summed E-state index contributed by atoms with van der Waals surface area (Å²) in [5, 5.41) is 0. The Kier molecular flexibility index (Phi) is 23.8. The molecule has 0 fully saturated rings. The van der Waals surface area contributed by atoms with Crippen LogP contribution in [0.15, 0.2) is 48.5 Å². The van der Waals surface area contributed by atoms with E-state index in [-0.39, 0.29) is 51.4 Å². The summed E-state index contributed by atoms with van der Waals surface area (Å²) >= 11 is 0. The summed E-state index contributed by atoms with van der Waals surface area (Å²) < 4.78 is 15.3. The van der Waals surface area contributed by atoms with Gasteiger partial charge in [-0.1, -0.05) is 127 Å². The molecule has 3 N–H and O–H groups in total. The van der Waals surface area contributed by atoms with Gasteiger partial charge in [-0.3, -0.25) is 0 Å². The fourth-order valence-electron chi connectivity index (χ4n) is 4.28. The Balaban J connectivity index is 0.00000196. The van der Waals surface area contributed by atoms with Gasteiger partial charge in [-0.05, 0) is 48.9 Å². The first-order chi connectivity index (χ1) is 17.3. The van der Waals surface area contributed by atoms with E-state index in [1.807, 2.05) is 0 Å². The molecule has 2 rings (SSSR count). The topological polar surface area (TPSA) is 87.0 Å². The van der Waals surface area contributed by atoms with Gasteiger partial charge >= 0.3 is 59.2 Å². The monoisotopic (exact) mass is 560 g/mol. The molecule has 0 saturated heterocycles. The first kappa shape index (κ1) is 37.0. The van der Waals surface area contributed by atoms with Gasteiger partial charge in [0.2, 0.25) is 0 Å². The molecule has 206 valence electrons. The first-order valence-corrected chi connectivity index (χ1v) is 15.5. The molecular weight excluding hydrogens is 510 g/mol. The van der Waals surface area contributed by atoms with Gasteiger partial charge in [-0.25, -0.2) is 4.57 Å². The first-order valence-electron chi connectivity index (χ1n) is 14.0. The molecule has 0 aliphatic heterocycles. The standard InChI is InChI=1S/C30H46O.K.H3O4P.H/c1-3-5-7-9-11-13-15-21-27-23-17-19-25-29(27)31-30-26-20-18-24-28(30)22-16-14-12-10-8-6-4-2;;1-5(2,3)4;/h17-20,23-26H,3-16,21-22H2,1-2H3;;(H3,1,2,3,4);. The van der Waals surface area contributed by atoms with Gasteiger partial charge in [0, 0.05) is 0 Å². The molecule has 0 aliphatic carbocycles. The number of rotatable bonds is 18. The Morgan fingerprint density at radius 3 is 1.22 bits per heavy atom. The van der Waals surface area contributed by atoms with E-state index in [1.54, 1.807) is 0 Å². The zero-order valence-corrected chi connectivity index (χ0v) is 23.4. The Labute approximate surface area is 268 Å². The van der Waals surface area contributed by atoms with Crippen molar-refractivity contribution < 1.29 is 24.0 Å². The summed E-state index contributed by atoms with van der Waals surface area (Å²) in [5.74, 6) is 2.08. The Bertz CT molecular complexity index is 788. The van der Waals surface area contributed by atoms with Gasteiger partial charge in [0.25, 0.3) is 0 Å². The van der Waals surface area contributed by atoms with Crippen molar-refractivity contribution in [3.05, 3.63) is 59.7 Å².